The average Bonchev–Trinajstić information content (AvgIpc) is 3.25. The van der Waals surface area contributed by atoms with Gasteiger partial charge < -0.3 is 4.74 Å². The predicted molar refractivity (Wildman–Crippen MR) is 164 cm³/mol. The van der Waals surface area contributed by atoms with E-state index in [1.165, 1.54) is 44.2 Å². The van der Waals surface area contributed by atoms with Crippen LogP contribution in [0.4, 0.5) is 13.2 Å². The zero-order valence-corrected chi connectivity index (χ0v) is 27.3. The highest BCUT2D eigenvalue weighted by atomic mass is 19.4. The molecule has 43 heavy (non-hydrogen) atoms. The predicted octanol–water partition coefficient (Wildman–Crippen LogP) is 10.2. The lowest BCUT2D eigenvalue weighted by Gasteiger charge is -2.73. The van der Waals surface area contributed by atoms with Gasteiger partial charge in [0, 0.05) is 5.41 Å². The number of hydrogen-bond donors (Lipinski definition) is 0. The van der Waals surface area contributed by atoms with E-state index in [2.05, 4.69) is 48.5 Å². The van der Waals surface area contributed by atoms with E-state index >= 15 is 0 Å². The molecule has 1 heterocycles. The van der Waals surface area contributed by atoms with Crippen LogP contribution in [-0.4, -0.2) is 18.5 Å². The van der Waals surface area contributed by atoms with Gasteiger partial charge in [0.1, 0.15) is 0 Å². The van der Waals surface area contributed by atoms with Gasteiger partial charge in [0.15, 0.2) is 5.78 Å². The molecule has 1 saturated heterocycles. The van der Waals surface area contributed by atoms with Crippen LogP contribution in [0.1, 0.15) is 117 Å². The first kappa shape index (κ1) is 30.1. The van der Waals surface area contributed by atoms with Gasteiger partial charge in [-0.15, -0.1) is 0 Å². The molecule has 5 saturated carbocycles. The molecular formula is C38H51F3O2. The fourth-order valence-corrected chi connectivity index (χ4v) is 13.0. The number of allylic oxidation sites excluding steroid dienone is 1. The Balaban J connectivity index is 1.29. The van der Waals surface area contributed by atoms with Crippen molar-refractivity contribution >= 4 is 11.9 Å². The summed E-state index contributed by atoms with van der Waals surface area (Å²) in [6.07, 6.45) is 7.56. The molecule has 0 amide bonds. The fraction of sp³-hybridized carbons (Fsp3) is 0.763. The number of alkyl halides is 3. The second-order valence-electron chi connectivity index (χ2n) is 17.8. The van der Waals surface area contributed by atoms with Gasteiger partial charge in [0.2, 0.25) is 0 Å². The molecule has 0 aromatic heterocycles. The van der Waals surface area contributed by atoms with Crippen molar-refractivity contribution in [3.8, 4) is 0 Å². The zero-order valence-electron chi connectivity index (χ0n) is 27.3. The molecule has 5 aliphatic carbocycles. The SMILES string of the molecule is CC1(C)CC[C@]23CC[C@]4(C)[C@@H](CC[C@@H]5[C@@]6(C)C/C(=C\c7ccccc7C(F)(F)F)C(=O)C(C)(C)[C@H]6CC[C@]54C)[C@H]2[C@H]1OC3. The number of rotatable bonds is 1. The molecule has 5 heteroatoms. The summed E-state index contributed by atoms with van der Waals surface area (Å²) >= 11 is 0. The molecule has 0 radical (unpaired) electrons. The average molecular weight is 597 g/mol. The van der Waals surface area contributed by atoms with E-state index in [-0.39, 0.29) is 38.9 Å². The van der Waals surface area contributed by atoms with Crippen LogP contribution in [0.3, 0.4) is 0 Å². The highest BCUT2D eigenvalue weighted by molar-refractivity contribution is 6.04. The van der Waals surface area contributed by atoms with Crippen LogP contribution in [-0.2, 0) is 15.7 Å². The summed E-state index contributed by atoms with van der Waals surface area (Å²) in [6, 6.07) is 5.72. The van der Waals surface area contributed by atoms with E-state index < -0.39 is 17.2 Å². The molecule has 2 nitrogen and oxygen atoms in total. The summed E-state index contributed by atoms with van der Waals surface area (Å²) in [5.74, 6) is 1.95. The summed E-state index contributed by atoms with van der Waals surface area (Å²) < 4.78 is 48.6. The monoisotopic (exact) mass is 596 g/mol. The number of ketones is 1. The lowest BCUT2D eigenvalue weighted by atomic mass is 9.31. The maximum absolute atomic E-state index is 14.1. The minimum absolute atomic E-state index is 0.0354. The van der Waals surface area contributed by atoms with Crippen LogP contribution in [0.15, 0.2) is 29.8 Å². The Morgan fingerprint density at radius 1 is 0.837 bits per heavy atom. The Kier molecular flexibility index (Phi) is 6.30. The zero-order chi connectivity index (χ0) is 31.0. The van der Waals surface area contributed by atoms with E-state index in [0.29, 0.717) is 41.3 Å². The summed E-state index contributed by atoms with van der Waals surface area (Å²) in [5, 5.41) is 0. The second kappa shape index (κ2) is 9.01. The number of carbonyl (C=O) groups excluding carboxylic acids is 1. The molecule has 236 valence electrons. The molecule has 2 bridgehead atoms. The van der Waals surface area contributed by atoms with Crippen molar-refractivity contribution in [2.45, 2.75) is 119 Å². The van der Waals surface area contributed by atoms with Crippen molar-refractivity contribution in [3.05, 3.63) is 41.0 Å². The molecule has 1 aromatic rings. The number of halogens is 3. The van der Waals surface area contributed by atoms with Crippen LogP contribution in [0.5, 0.6) is 0 Å². The van der Waals surface area contributed by atoms with Crippen molar-refractivity contribution in [1.82, 2.24) is 0 Å². The van der Waals surface area contributed by atoms with Crippen LogP contribution in [0.25, 0.3) is 6.08 Å². The van der Waals surface area contributed by atoms with Gasteiger partial charge in [-0.05, 0) is 132 Å². The standard InChI is InChI=1S/C38H51F3O2/c1-32(2)16-18-37-19-17-35(6)26(29(37)31(32)43-22-37)12-13-28-34(5)21-24(20-23-10-8-9-11-25(23)38(39,40)41)30(42)33(3,4)27(34)14-15-36(28,35)7/h8-11,20,26-29,31H,12-19,21-22H2,1-7H3/b24-20+/t26-,27+,28+,29-,31+,34-,35+,36+,37+/m0/s1. The Morgan fingerprint density at radius 2 is 1.53 bits per heavy atom. The summed E-state index contributed by atoms with van der Waals surface area (Å²) in [5.41, 5.74) is 0.143. The Hall–Kier alpha value is -1.62. The second-order valence-corrected chi connectivity index (χ2v) is 17.8. The van der Waals surface area contributed by atoms with E-state index in [4.69, 9.17) is 4.74 Å². The smallest absolute Gasteiger partial charge is 0.377 e. The van der Waals surface area contributed by atoms with Gasteiger partial charge in [-0.2, -0.15) is 13.2 Å². The van der Waals surface area contributed by atoms with Gasteiger partial charge in [0.25, 0.3) is 0 Å². The quantitative estimate of drug-likeness (QED) is 0.302. The molecule has 0 N–H and O–H groups in total. The highest BCUT2D eigenvalue weighted by Crippen LogP contribution is 2.78. The third-order valence-corrected chi connectivity index (χ3v) is 15.3. The maximum atomic E-state index is 14.1. The largest absolute Gasteiger partial charge is 0.416 e. The van der Waals surface area contributed by atoms with Gasteiger partial charge in [0.05, 0.1) is 18.3 Å². The first-order chi connectivity index (χ1) is 19.9. The van der Waals surface area contributed by atoms with Gasteiger partial charge >= 0.3 is 6.18 Å². The third-order valence-electron chi connectivity index (χ3n) is 15.3. The summed E-state index contributed by atoms with van der Waals surface area (Å²) in [6.45, 7) is 17.5. The number of carbonyl (C=O) groups is 1. The van der Waals surface area contributed by atoms with Crippen molar-refractivity contribution in [2.24, 2.45) is 56.2 Å². The molecule has 0 unspecified atom stereocenters. The van der Waals surface area contributed by atoms with E-state index in [1.54, 1.807) is 12.1 Å². The first-order valence-electron chi connectivity index (χ1n) is 16.9. The minimum atomic E-state index is -4.46. The number of ether oxygens (including phenoxy) is 1. The molecular weight excluding hydrogens is 545 g/mol. The molecule has 1 aromatic carbocycles. The molecule has 6 aliphatic rings. The summed E-state index contributed by atoms with van der Waals surface area (Å²) in [7, 11) is 0. The topological polar surface area (TPSA) is 26.3 Å². The van der Waals surface area contributed by atoms with Crippen LogP contribution in [0.2, 0.25) is 0 Å². The molecule has 7 rings (SSSR count). The number of hydrogen-bond acceptors (Lipinski definition) is 2. The van der Waals surface area contributed by atoms with Crippen molar-refractivity contribution in [3.63, 3.8) is 0 Å². The maximum Gasteiger partial charge on any atom is 0.416 e. The summed E-state index contributed by atoms with van der Waals surface area (Å²) in [4.78, 5) is 14.1. The first-order valence-corrected chi connectivity index (χ1v) is 16.9. The highest BCUT2D eigenvalue weighted by Gasteiger charge is 2.73. The van der Waals surface area contributed by atoms with Crippen molar-refractivity contribution < 1.29 is 22.7 Å². The van der Waals surface area contributed by atoms with Crippen LogP contribution < -0.4 is 0 Å². The Bertz CT molecular complexity index is 1370. The van der Waals surface area contributed by atoms with Crippen LogP contribution in [0, 0.1) is 56.2 Å². The number of benzene rings is 1. The normalized spacial score (nSPS) is 47.3. The third kappa shape index (κ3) is 3.84. The van der Waals surface area contributed by atoms with E-state index in [9.17, 15) is 18.0 Å². The lowest BCUT2D eigenvalue weighted by molar-refractivity contribution is -0.236. The number of Topliss-reactive ketones (excluding diaryl/α,β-unsaturated/α-hetero) is 1. The van der Waals surface area contributed by atoms with Crippen molar-refractivity contribution in [2.75, 3.05) is 6.61 Å². The lowest BCUT2D eigenvalue weighted by Crippen LogP contribution is -2.67. The van der Waals surface area contributed by atoms with Crippen LogP contribution >= 0.6 is 0 Å². The van der Waals surface area contributed by atoms with Gasteiger partial charge in [-0.25, -0.2) is 0 Å². The van der Waals surface area contributed by atoms with Crippen molar-refractivity contribution in [1.29, 1.82) is 0 Å². The molecule has 0 spiro atoms. The minimum Gasteiger partial charge on any atom is -0.377 e. The van der Waals surface area contributed by atoms with Gasteiger partial charge in [-0.3, -0.25) is 4.79 Å². The number of fused-ring (bicyclic) bond motifs is 5. The molecule has 6 fully saturated rings. The molecule has 1 aliphatic heterocycles. The van der Waals surface area contributed by atoms with E-state index in [1.807, 2.05) is 0 Å². The fourth-order valence-electron chi connectivity index (χ4n) is 13.0. The van der Waals surface area contributed by atoms with Gasteiger partial charge in [-0.1, -0.05) is 66.7 Å². The van der Waals surface area contributed by atoms with E-state index in [0.717, 1.165) is 31.9 Å². The Labute approximate surface area is 256 Å². The Morgan fingerprint density at radius 3 is 2.26 bits per heavy atom. The molecule has 9 atom stereocenters.